The molecule has 0 saturated carbocycles. The van der Waals surface area contributed by atoms with Crippen molar-refractivity contribution in [1.29, 1.82) is 0 Å². The largest absolute Gasteiger partial charge is 0.504 e. The van der Waals surface area contributed by atoms with E-state index in [1.807, 2.05) is 13.0 Å². The van der Waals surface area contributed by atoms with Crippen molar-refractivity contribution in [3.8, 4) is 17.2 Å². The van der Waals surface area contributed by atoms with Crippen LogP contribution in [0.2, 0.25) is 0 Å². The van der Waals surface area contributed by atoms with E-state index >= 15 is 0 Å². The van der Waals surface area contributed by atoms with Gasteiger partial charge >= 0.3 is 0 Å². The Morgan fingerprint density at radius 2 is 1.96 bits per heavy atom. The maximum absolute atomic E-state index is 12.0. The molecule has 2 aromatic rings. The first kappa shape index (κ1) is 16.4. The molecule has 0 aliphatic rings. The minimum atomic E-state index is -0.349. The minimum absolute atomic E-state index is 0.0398. The Labute approximate surface area is 134 Å². The smallest absolute Gasteiger partial charge is 0.271 e. The lowest BCUT2D eigenvalue weighted by atomic mass is 10.1. The van der Waals surface area contributed by atoms with Crippen LogP contribution in [0, 0.1) is 6.92 Å². The summed E-state index contributed by atoms with van der Waals surface area (Å²) in [6, 6.07) is 10.00. The molecule has 3 N–H and O–H groups in total. The third-order valence-electron chi connectivity index (χ3n) is 3.31. The number of ether oxygens (including phenoxy) is 1. The zero-order chi connectivity index (χ0) is 17.0. The number of methoxy groups -OCH3 is 1. The number of carbonyl (C=O) groups excluding carboxylic acids is 1. The molecule has 0 fully saturated rings. The Kier molecular flexibility index (Phi) is 4.85. The van der Waals surface area contributed by atoms with Crippen LogP contribution in [0.25, 0.3) is 0 Å². The van der Waals surface area contributed by atoms with Crippen LogP contribution in [0.5, 0.6) is 17.2 Å². The van der Waals surface area contributed by atoms with Crippen molar-refractivity contribution in [2.24, 2.45) is 5.10 Å². The van der Waals surface area contributed by atoms with E-state index < -0.39 is 0 Å². The van der Waals surface area contributed by atoms with Gasteiger partial charge < -0.3 is 14.9 Å². The van der Waals surface area contributed by atoms with E-state index in [4.69, 9.17) is 4.74 Å². The lowest BCUT2D eigenvalue weighted by Gasteiger charge is -2.10. The van der Waals surface area contributed by atoms with E-state index in [1.165, 1.54) is 19.2 Å². The number of amides is 1. The quantitative estimate of drug-likeness (QED) is 0.597. The fourth-order valence-electron chi connectivity index (χ4n) is 2.10. The summed E-state index contributed by atoms with van der Waals surface area (Å²) in [5, 5.41) is 23.7. The van der Waals surface area contributed by atoms with Crippen LogP contribution in [0.15, 0.2) is 41.5 Å². The first-order valence-electron chi connectivity index (χ1n) is 6.94. The molecular weight excluding hydrogens is 296 g/mol. The van der Waals surface area contributed by atoms with E-state index in [1.54, 1.807) is 25.1 Å². The summed E-state index contributed by atoms with van der Waals surface area (Å²) in [7, 11) is 1.34. The zero-order valence-corrected chi connectivity index (χ0v) is 13.1. The van der Waals surface area contributed by atoms with Crippen molar-refractivity contribution in [2.75, 3.05) is 7.11 Å². The van der Waals surface area contributed by atoms with Gasteiger partial charge in [-0.25, -0.2) is 5.43 Å². The molecule has 0 atom stereocenters. The summed E-state index contributed by atoms with van der Waals surface area (Å²) in [5.74, 6) is -0.802. The monoisotopic (exact) mass is 314 g/mol. The van der Waals surface area contributed by atoms with E-state index in [2.05, 4.69) is 10.5 Å². The van der Waals surface area contributed by atoms with Gasteiger partial charge in [0.05, 0.1) is 12.8 Å². The number of hydrazone groups is 1. The van der Waals surface area contributed by atoms with Gasteiger partial charge in [-0.3, -0.25) is 4.79 Å². The highest BCUT2D eigenvalue weighted by molar-refractivity contribution is 6.03. The second-order valence-electron chi connectivity index (χ2n) is 5.02. The molecule has 0 unspecified atom stereocenters. The lowest BCUT2D eigenvalue weighted by Crippen LogP contribution is -2.19. The Morgan fingerprint density at radius 3 is 2.61 bits per heavy atom. The fraction of sp³-hybridized carbons (Fsp3) is 0.176. The summed E-state index contributed by atoms with van der Waals surface area (Å²) in [5.41, 5.74) is 4.63. The van der Waals surface area contributed by atoms with E-state index in [9.17, 15) is 15.0 Å². The number of phenols is 2. The Bertz CT molecular complexity index is 769. The van der Waals surface area contributed by atoms with Crippen LogP contribution >= 0.6 is 0 Å². The second kappa shape index (κ2) is 6.83. The lowest BCUT2D eigenvalue weighted by molar-refractivity contribution is 0.0954. The Balaban J connectivity index is 2.22. The van der Waals surface area contributed by atoms with Gasteiger partial charge in [0.2, 0.25) is 5.75 Å². The van der Waals surface area contributed by atoms with Crippen LogP contribution in [0.4, 0.5) is 0 Å². The van der Waals surface area contributed by atoms with Crippen LogP contribution in [-0.2, 0) is 0 Å². The van der Waals surface area contributed by atoms with Gasteiger partial charge in [0, 0.05) is 11.1 Å². The van der Waals surface area contributed by atoms with Gasteiger partial charge in [-0.2, -0.15) is 5.10 Å². The van der Waals surface area contributed by atoms with Gasteiger partial charge in [-0.15, -0.1) is 0 Å². The Morgan fingerprint density at radius 1 is 1.22 bits per heavy atom. The molecule has 6 heteroatoms. The fourth-order valence-corrected chi connectivity index (χ4v) is 2.10. The molecule has 0 aromatic heterocycles. The number of aryl methyl sites for hydroxylation is 1. The number of phenolic OH excluding ortho intramolecular Hbond substituents is 2. The maximum atomic E-state index is 12.0. The van der Waals surface area contributed by atoms with Gasteiger partial charge in [0.1, 0.15) is 0 Å². The van der Waals surface area contributed by atoms with Gasteiger partial charge in [-0.1, -0.05) is 17.7 Å². The van der Waals surface area contributed by atoms with Crippen LogP contribution in [0.3, 0.4) is 0 Å². The number of hydrogen-bond acceptors (Lipinski definition) is 5. The molecule has 0 saturated heterocycles. The molecule has 2 aromatic carbocycles. The Hall–Kier alpha value is -3.02. The number of rotatable bonds is 4. The first-order chi connectivity index (χ1) is 10.9. The van der Waals surface area contributed by atoms with Gasteiger partial charge in [0.15, 0.2) is 11.5 Å². The van der Waals surface area contributed by atoms with Crippen molar-refractivity contribution < 1.29 is 19.7 Å². The summed E-state index contributed by atoms with van der Waals surface area (Å²) in [6.07, 6.45) is 0. The van der Waals surface area contributed by atoms with Crippen molar-refractivity contribution in [2.45, 2.75) is 13.8 Å². The number of benzene rings is 2. The molecule has 23 heavy (non-hydrogen) atoms. The third-order valence-corrected chi connectivity index (χ3v) is 3.31. The summed E-state index contributed by atoms with van der Waals surface area (Å²) < 4.78 is 4.93. The predicted octanol–water partition coefficient (Wildman–Crippen LogP) is 2.57. The van der Waals surface area contributed by atoms with Crippen molar-refractivity contribution in [3.05, 3.63) is 53.1 Å². The number of nitrogens with one attached hydrogen (secondary N) is 1. The molecule has 0 aliphatic carbocycles. The van der Waals surface area contributed by atoms with Crippen LogP contribution in [0.1, 0.15) is 28.4 Å². The topological polar surface area (TPSA) is 91.2 Å². The third kappa shape index (κ3) is 3.60. The van der Waals surface area contributed by atoms with Gasteiger partial charge in [-0.05, 0) is 38.1 Å². The van der Waals surface area contributed by atoms with E-state index in [-0.39, 0.29) is 23.2 Å². The summed E-state index contributed by atoms with van der Waals surface area (Å²) in [6.45, 7) is 3.52. The van der Waals surface area contributed by atoms with Crippen molar-refractivity contribution in [1.82, 2.24) is 5.43 Å². The van der Waals surface area contributed by atoms with E-state index in [0.29, 0.717) is 16.8 Å². The number of nitrogens with zero attached hydrogens (tertiary/aromatic N) is 1. The highest BCUT2D eigenvalue weighted by Gasteiger charge is 2.15. The number of carbonyl (C=O) groups is 1. The molecule has 2 rings (SSSR count). The molecule has 0 spiro atoms. The molecule has 6 nitrogen and oxygen atoms in total. The molecular formula is C17H18N2O4. The number of aromatic hydroxyl groups is 2. The predicted molar refractivity (Wildman–Crippen MR) is 87.2 cm³/mol. The molecule has 1 amide bonds. The molecule has 0 radical (unpaired) electrons. The summed E-state index contributed by atoms with van der Waals surface area (Å²) in [4.78, 5) is 12.0. The normalized spacial score (nSPS) is 11.2. The highest BCUT2D eigenvalue weighted by atomic mass is 16.5. The van der Waals surface area contributed by atoms with Gasteiger partial charge in [0.25, 0.3) is 5.91 Å². The molecule has 0 aliphatic heterocycles. The minimum Gasteiger partial charge on any atom is -0.504 e. The molecule has 0 bridgehead atoms. The SMILES string of the molecule is COc1c(O)ccc(/C(C)=N/NC(=O)c2cccc(C)c2)c1O. The van der Waals surface area contributed by atoms with Crippen LogP contribution in [-0.4, -0.2) is 28.9 Å². The summed E-state index contributed by atoms with van der Waals surface area (Å²) >= 11 is 0. The highest BCUT2D eigenvalue weighted by Crippen LogP contribution is 2.38. The standard InChI is InChI=1S/C17H18N2O4/c1-10-5-4-6-12(9-10)17(22)19-18-11(2)13-7-8-14(20)16(23-3)15(13)21/h4-9,20-21H,1-3H3,(H,19,22)/b18-11+. The van der Waals surface area contributed by atoms with Crippen LogP contribution < -0.4 is 10.2 Å². The molecule has 0 heterocycles. The first-order valence-corrected chi connectivity index (χ1v) is 6.94. The van der Waals surface area contributed by atoms with Crippen molar-refractivity contribution >= 4 is 11.6 Å². The van der Waals surface area contributed by atoms with Crippen molar-refractivity contribution in [3.63, 3.8) is 0 Å². The maximum Gasteiger partial charge on any atom is 0.271 e. The second-order valence-corrected chi connectivity index (χ2v) is 5.02. The number of hydrogen-bond donors (Lipinski definition) is 3. The zero-order valence-electron chi connectivity index (χ0n) is 13.1. The molecule has 120 valence electrons. The average Bonchev–Trinajstić information content (AvgIpc) is 2.53. The van der Waals surface area contributed by atoms with E-state index in [0.717, 1.165) is 5.56 Å². The average molecular weight is 314 g/mol.